The van der Waals surface area contributed by atoms with Crippen LogP contribution in [0.4, 0.5) is 11.4 Å². The van der Waals surface area contributed by atoms with Crippen LogP contribution in [0.2, 0.25) is 0 Å². The van der Waals surface area contributed by atoms with E-state index in [1.54, 1.807) is 6.92 Å². The highest BCUT2D eigenvalue weighted by atomic mass is 16.5. The highest BCUT2D eigenvalue weighted by molar-refractivity contribution is 6.02. The number of hydrazine groups is 1. The second kappa shape index (κ2) is 4.68. The predicted molar refractivity (Wildman–Crippen MR) is 71.4 cm³/mol. The lowest BCUT2D eigenvalue weighted by atomic mass is 10.1. The van der Waals surface area contributed by atoms with Gasteiger partial charge in [0.2, 0.25) is 0 Å². The van der Waals surface area contributed by atoms with Crippen molar-refractivity contribution in [3.05, 3.63) is 36.4 Å². The molecule has 2 aromatic carbocycles. The van der Waals surface area contributed by atoms with E-state index in [1.807, 2.05) is 36.4 Å². The van der Waals surface area contributed by atoms with Crippen molar-refractivity contribution in [3.8, 4) is 0 Å². The highest BCUT2D eigenvalue weighted by Crippen LogP contribution is 2.35. The fourth-order valence-electron chi connectivity index (χ4n) is 2.20. The first kappa shape index (κ1) is 11.6. The van der Waals surface area contributed by atoms with Gasteiger partial charge in [-0.3, -0.25) is 0 Å². The van der Waals surface area contributed by atoms with Gasteiger partial charge in [-0.05, 0) is 24.4 Å². The molecule has 0 aliphatic carbocycles. The zero-order valence-electron chi connectivity index (χ0n) is 10.6. The summed E-state index contributed by atoms with van der Waals surface area (Å²) in [5.74, 6) is -0.301. The fraction of sp³-hybridized carbons (Fsp3) is 0.214. The minimum Gasteiger partial charge on any atom is -0.461 e. The summed E-state index contributed by atoms with van der Waals surface area (Å²) in [7, 11) is 0. The van der Waals surface area contributed by atoms with E-state index in [0.717, 1.165) is 22.1 Å². The maximum atomic E-state index is 11.5. The molecule has 1 N–H and O–H groups in total. The maximum absolute atomic E-state index is 11.5. The summed E-state index contributed by atoms with van der Waals surface area (Å²) in [4.78, 5) is 13.0. The number of anilines is 1. The first-order valence-corrected chi connectivity index (χ1v) is 6.21. The fourth-order valence-corrected chi connectivity index (χ4v) is 2.20. The standard InChI is InChI=1S/C14H14N3O2/c1-2-19-13(18)9-17-15-11-7-3-5-10-6-4-8-12(16-17)14(10)11/h3-8H,2,9H2,1H3,(H,15,16)/q+1. The van der Waals surface area contributed by atoms with E-state index in [4.69, 9.17) is 4.74 Å². The van der Waals surface area contributed by atoms with Crippen molar-refractivity contribution in [1.29, 1.82) is 0 Å². The first-order chi connectivity index (χ1) is 9.28. The number of nitrogens with zero attached hydrogens (tertiary/aromatic N) is 2. The Bertz CT molecular complexity index is 674. The molecule has 1 aliphatic rings. The van der Waals surface area contributed by atoms with E-state index in [1.165, 1.54) is 4.81 Å². The van der Waals surface area contributed by atoms with Gasteiger partial charge in [-0.25, -0.2) is 4.79 Å². The lowest BCUT2D eigenvalue weighted by Crippen LogP contribution is -2.27. The highest BCUT2D eigenvalue weighted by Gasteiger charge is 2.22. The molecule has 0 saturated carbocycles. The minimum atomic E-state index is -0.301. The van der Waals surface area contributed by atoms with Gasteiger partial charge in [-0.15, -0.1) is 5.43 Å². The van der Waals surface area contributed by atoms with Crippen LogP contribution < -0.4 is 5.43 Å². The number of hydrogen-bond donors (Lipinski definition) is 1. The van der Waals surface area contributed by atoms with Gasteiger partial charge in [0.15, 0.2) is 0 Å². The van der Waals surface area contributed by atoms with E-state index in [-0.39, 0.29) is 12.5 Å². The monoisotopic (exact) mass is 256 g/mol. The molecule has 0 saturated heterocycles. The van der Waals surface area contributed by atoms with Gasteiger partial charge in [-0.1, -0.05) is 24.3 Å². The Morgan fingerprint density at radius 3 is 2.89 bits per heavy atom. The van der Waals surface area contributed by atoms with Crippen molar-refractivity contribution in [2.45, 2.75) is 6.92 Å². The maximum Gasteiger partial charge on any atom is 0.378 e. The third kappa shape index (κ3) is 2.14. The third-order valence-corrected chi connectivity index (χ3v) is 2.94. The van der Waals surface area contributed by atoms with E-state index >= 15 is 0 Å². The van der Waals surface area contributed by atoms with Gasteiger partial charge >= 0.3 is 5.97 Å². The number of hydrogen-bond acceptors (Lipinski definition) is 4. The summed E-state index contributed by atoms with van der Waals surface area (Å²) in [5.41, 5.74) is 4.93. The normalized spacial score (nSPS) is 12.8. The molecule has 0 unspecified atom stereocenters. The van der Waals surface area contributed by atoms with Crippen molar-refractivity contribution in [2.24, 2.45) is 5.11 Å². The summed E-state index contributed by atoms with van der Waals surface area (Å²) in [6, 6.07) is 11.9. The van der Waals surface area contributed by atoms with Gasteiger partial charge in [0.05, 0.1) is 6.61 Å². The van der Waals surface area contributed by atoms with Crippen molar-refractivity contribution >= 4 is 28.1 Å². The van der Waals surface area contributed by atoms with Crippen molar-refractivity contribution in [2.75, 3.05) is 18.6 Å². The second-order valence-corrected chi connectivity index (χ2v) is 4.26. The number of esters is 1. The van der Waals surface area contributed by atoms with Crippen LogP contribution in [-0.2, 0) is 9.53 Å². The SMILES string of the molecule is CCOC(=O)C[N+]1=Nc2cccc3cccc(c23)N1. The summed E-state index contributed by atoms with van der Waals surface area (Å²) >= 11 is 0. The number of benzene rings is 2. The molecule has 0 fully saturated rings. The first-order valence-electron chi connectivity index (χ1n) is 6.21. The molecule has 1 heterocycles. The van der Waals surface area contributed by atoms with Crippen LogP contribution in [-0.4, -0.2) is 23.9 Å². The number of rotatable bonds is 3. The van der Waals surface area contributed by atoms with E-state index in [0.29, 0.717) is 6.61 Å². The minimum absolute atomic E-state index is 0.0819. The summed E-state index contributed by atoms with van der Waals surface area (Å²) in [6.45, 7) is 2.24. The number of carbonyl (C=O) groups is 1. The smallest absolute Gasteiger partial charge is 0.378 e. The van der Waals surface area contributed by atoms with E-state index < -0.39 is 0 Å². The van der Waals surface area contributed by atoms with Crippen LogP contribution in [0, 0.1) is 0 Å². The van der Waals surface area contributed by atoms with Crippen LogP contribution in [0.3, 0.4) is 0 Å². The van der Waals surface area contributed by atoms with Crippen LogP contribution in [0.1, 0.15) is 6.92 Å². The molecule has 0 aromatic heterocycles. The zero-order chi connectivity index (χ0) is 13.2. The second-order valence-electron chi connectivity index (χ2n) is 4.26. The Labute approximate surface area is 110 Å². The van der Waals surface area contributed by atoms with Gasteiger partial charge in [0, 0.05) is 15.3 Å². The Morgan fingerprint density at radius 2 is 2.11 bits per heavy atom. The van der Waals surface area contributed by atoms with Crippen molar-refractivity contribution in [1.82, 2.24) is 0 Å². The number of azo groups is 1. The molecule has 0 spiro atoms. The molecule has 5 nitrogen and oxygen atoms in total. The Morgan fingerprint density at radius 1 is 1.32 bits per heavy atom. The van der Waals surface area contributed by atoms with Crippen molar-refractivity contribution < 1.29 is 14.3 Å². The molecular weight excluding hydrogens is 242 g/mol. The van der Waals surface area contributed by atoms with Gasteiger partial charge in [-0.2, -0.15) is 0 Å². The molecule has 1 aliphatic heterocycles. The molecule has 3 rings (SSSR count). The zero-order valence-corrected chi connectivity index (χ0v) is 10.6. The lowest BCUT2D eigenvalue weighted by Gasteiger charge is -2.12. The summed E-state index contributed by atoms with van der Waals surface area (Å²) < 4.78 is 4.93. The van der Waals surface area contributed by atoms with Gasteiger partial charge < -0.3 is 4.74 Å². The number of nitrogens with one attached hydrogen (secondary N) is 1. The van der Waals surface area contributed by atoms with Crippen LogP contribution in [0.15, 0.2) is 41.5 Å². The molecule has 96 valence electrons. The molecule has 2 aromatic rings. The molecular formula is C14H14N3O2+. The lowest BCUT2D eigenvalue weighted by molar-refractivity contribution is -0.552. The van der Waals surface area contributed by atoms with Gasteiger partial charge in [0.1, 0.15) is 11.4 Å². The number of carbonyl (C=O) groups excluding carboxylic acids is 1. The average molecular weight is 256 g/mol. The predicted octanol–water partition coefficient (Wildman–Crippen LogP) is 2.84. The van der Waals surface area contributed by atoms with Crippen molar-refractivity contribution in [3.63, 3.8) is 0 Å². The Kier molecular flexibility index (Phi) is 2.87. The molecule has 19 heavy (non-hydrogen) atoms. The quantitative estimate of drug-likeness (QED) is 0.678. The van der Waals surface area contributed by atoms with Crippen LogP contribution in [0.25, 0.3) is 10.8 Å². The Balaban J connectivity index is 1.98. The Hall–Kier alpha value is -2.43. The van der Waals surface area contributed by atoms with E-state index in [2.05, 4.69) is 10.5 Å². The summed E-state index contributed by atoms with van der Waals surface area (Å²) in [6.07, 6.45) is 0. The molecule has 0 bridgehead atoms. The van der Waals surface area contributed by atoms with Gasteiger partial charge in [0.25, 0.3) is 6.54 Å². The summed E-state index contributed by atoms with van der Waals surface area (Å²) in [5, 5.41) is 6.61. The van der Waals surface area contributed by atoms with E-state index in [9.17, 15) is 4.79 Å². The molecule has 5 heteroatoms. The van der Waals surface area contributed by atoms with Crippen LogP contribution >= 0.6 is 0 Å². The molecule has 0 amide bonds. The molecule has 0 radical (unpaired) electrons. The third-order valence-electron chi connectivity index (χ3n) is 2.94. The molecule has 0 atom stereocenters. The average Bonchev–Trinajstić information content (AvgIpc) is 2.39. The van der Waals surface area contributed by atoms with Crippen LogP contribution in [0.5, 0.6) is 0 Å². The largest absolute Gasteiger partial charge is 0.461 e. The number of ether oxygens (including phenoxy) is 1. The topological polar surface area (TPSA) is 53.7 Å².